The third-order valence-corrected chi connectivity index (χ3v) is 3.38. The predicted molar refractivity (Wildman–Crippen MR) is 81.3 cm³/mol. The second-order valence-corrected chi connectivity index (χ2v) is 4.92. The molecule has 1 aromatic carbocycles. The Morgan fingerprint density at radius 2 is 1.86 bits per heavy atom. The maximum absolute atomic E-state index is 11.3. The van der Waals surface area contributed by atoms with Crippen molar-refractivity contribution in [3.05, 3.63) is 75.8 Å². The summed E-state index contributed by atoms with van der Waals surface area (Å²) in [7, 11) is 0. The molecule has 6 nitrogen and oxygen atoms in total. The van der Waals surface area contributed by atoms with Gasteiger partial charge in [-0.3, -0.25) is 10.1 Å². The van der Waals surface area contributed by atoms with Crippen molar-refractivity contribution in [2.45, 2.75) is 6.92 Å². The Labute approximate surface area is 126 Å². The fraction of sp³-hybridized carbons (Fsp3) is 0.0625. The summed E-state index contributed by atoms with van der Waals surface area (Å²) in [5.41, 5.74) is 2.58. The molecule has 0 amide bonds. The molecule has 2 aliphatic rings. The van der Waals surface area contributed by atoms with Gasteiger partial charge in [0, 0.05) is 17.8 Å². The minimum absolute atomic E-state index is 0.0979. The number of nitrogens with zero attached hydrogens (tertiary/aromatic N) is 3. The van der Waals surface area contributed by atoms with Crippen LogP contribution in [0.25, 0.3) is 11.3 Å². The number of nitro benzene ring substituents is 1. The standard InChI is InChI=1S/C16H13N3O3/c1-11-4-6-12(7-5-11)17-16-13-3-2-10-18(20)14(13)8-9-15(16)19(21)22/h2-10,20H,1H3. The van der Waals surface area contributed by atoms with Crippen LogP contribution >= 0.6 is 0 Å². The number of nitro groups is 1. The van der Waals surface area contributed by atoms with E-state index in [4.69, 9.17) is 0 Å². The van der Waals surface area contributed by atoms with Crippen LogP contribution in [0.4, 0.5) is 11.4 Å². The number of rotatable bonds is 2. The zero-order valence-corrected chi connectivity index (χ0v) is 11.8. The van der Waals surface area contributed by atoms with Gasteiger partial charge in [0.25, 0.3) is 5.69 Å². The highest BCUT2D eigenvalue weighted by molar-refractivity contribution is 5.65. The molecule has 1 heterocycles. The topological polar surface area (TPSA) is 80.7 Å². The van der Waals surface area contributed by atoms with Crippen LogP contribution in [0.15, 0.2) is 59.7 Å². The summed E-state index contributed by atoms with van der Waals surface area (Å²) in [4.78, 5) is 15.2. The number of non-ortho nitro benzene ring substituents is 1. The fourth-order valence-corrected chi connectivity index (χ4v) is 2.26. The molecule has 0 unspecified atom stereocenters. The molecule has 0 fully saturated rings. The van der Waals surface area contributed by atoms with Crippen LogP contribution in [0.1, 0.15) is 5.56 Å². The summed E-state index contributed by atoms with van der Waals surface area (Å²) in [6, 6.07) is 13.5. The Bertz CT molecular complexity index is 882. The summed E-state index contributed by atoms with van der Waals surface area (Å²) in [6.45, 7) is 1.96. The molecule has 1 aliphatic heterocycles. The summed E-state index contributed by atoms with van der Waals surface area (Å²) in [5, 5.41) is 21.3. The quantitative estimate of drug-likeness (QED) is 0.447. The van der Waals surface area contributed by atoms with Crippen molar-refractivity contribution in [3.63, 3.8) is 0 Å². The number of aryl methyl sites for hydroxylation is 1. The lowest BCUT2D eigenvalue weighted by molar-refractivity contribution is -0.386. The van der Waals surface area contributed by atoms with Gasteiger partial charge in [0.05, 0.1) is 16.3 Å². The number of aromatic nitrogens is 1. The second-order valence-electron chi connectivity index (χ2n) is 4.92. The first-order valence-corrected chi connectivity index (χ1v) is 6.66. The number of hydrogen-bond acceptors (Lipinski definition) is 4. The molecule has 110 valence electrons. The Balaban J connectivity index is 2.34. The highest BCUT2D eigenvalue weighted by Gasteiger charge is 2.18. The molecule has 0 radical (unpaired) electrons. The molecular weight excluding hydrogens is 282 g/mol. The van der Waals surface area contributed by atoms with Gasteiger partial charge in [-0.25, -0.2) is 4.99 Å². The van der Waals surface area contributed by atoms with Gasteiger partial charge < -0.3 is 5.21 Å². The molecule has 6 heteroatoms. The molecular formula is C16H13N3O3. The van der Waals surface area contributed by atoms with Crippen LogP contribution < -0.4 is 5.36 Å². The second kappa shape index (κ2) is 5.33. The van der Waals surface area contributed by atoms with Gasteiger partial charge in [-0.15, -0.1) is 0 Å². The third kappa shape index (κ3) is 2.42. The van der Waals surface area contributed by atoms with Crippen molar-refractivity contribution >= 4 is 11.4 Å². The number of benzene rings is 2. The molecule has 0 saturated heterocycles. The van der Waals surface area contributed by atoms with E-state index < -0.39 is 4.92 Å². The van der Waals surface area contributed by atoms with Gasteiger partial charge >= 0.3 is 0 Å². The Hall–Kier alpha value is -3.15. The molecule has 0 spiro atoms. The van der Waals surface area contributed by atoms with E-state index in [0.717, 1.165) is 10.3 Å². The SMILES string of the molecule is Cc1ccc(N=c2c3cccn(O)c-3ccc2[N+](=O)[O-])cc1. The predicted octanol–water partition coefficient (Wildman–Crippen LogP) is 3.28. The van der Waals surface area contributed by atoms with Gasteiger partial charge in [-0.2, -0.15) is 4.73 Å². The van der Waals surface area contributed by atoms with Crippen molar-refractivity contribution in [1.82, 2.24) is 4.73 Å². The van der Waals surface area contributed by atoms with Gasteiger partial charge in [-0.05, 0) is 37.3 Å². The summed E-state index contributed by atoms with van der Waals surface area (Å²) in [6.07, 6.45) is 1.46. The zero-order chi connectivity index (χ0) is 15.7. The average molecular weight is 295 g/mol. The summed E-state index contributed by atoms with van der Waals surface area (Å²) >= 11 is 0. The maximum atomic E-state index is 11.3. The highest BCUT2D eigenvalue weighted by atomic mass is 16.6. The molecule has 1 aliphatic carbocycles. The van der Waals surface area contributed by atoms with Gasteiger partial charge in [0.15, 0.2) is 5.36 Å². The first kappa shape index (κ1) is 13.8. The molecule has 22 heavy (non-hydrogen) atoms. The average Bonchev–Trinajstić information content (AvgIpc) is 2.50. The van der Waals surface area contributed by atoms with E-state index >= 15 is 0 Å². The van der Waals surface area contributed by atoms with E-state index in [1.54, 1.807) is 24.3 Å². The van der Waals surface area contributed by atoms with Crippen molar-refractivity contribution in [2.24, 2.45) is 4.99 Å². The molecule has 0 saturated carbocycles. The van der Waals surface area contributed by atoms with Gasteiger partial charge in [0.1, 0.15) is 0 Å². The summed E-state index contributed by atoms with van der Waals surface area (Å²) in [5.74, 6) is 0. The molecule has 1 N–H and O–H groups in total. The minimum atomic E-state index is -0.471. The largest absolute Gasteiger partial charge is 0.428 e. The van der Waals surface area contributed by atoms with Crippen molar-refractivity contribution in [3.8, 4) is 11.3 Å². The van der Waals surface area contributed by atoms with Crippen LogP contribution in [0.5, 0.6) is 0 Å². The van der Waals surface area contributed by atoms with E-state index in [9.17, 15) is 15.3 Å². The van der Waals surface area contributed by atoms with E-state index in [-0.39, 0.29) is 11.0 Å². The third-order valence-electron chi connectivity index (χ3n) is 3.38. The Kier molecular flexibility index (Phi) is 3.34. The first-order valence-electron chi connectivity index (χ1n) is 6.66. The minimum Gasteiger partial charge on any atom is -0.428 e. The van der Waals surface area contributed by atoms with Gasteiger partial charge in [-0.1, -0.05) is 17.7 Å². The number of pyridine rings is 1. The van der Waals surface area contributed by atoms with Crippen LogP contribution in [-0.4, -0.2) is 14.9 Å². The van der Waals surface area contributed by atoms with E-state index in [1.165, 1.54) is 18.3 Å². The van der Waals surface area contributed by atoms with Crippen molar-refractivity contribution < 1.29 is 10.1 Å². The molecule has 3 rings (SSSR count). The fourth-order valence-electron chi connectivity index (χ4n) is 2.26. The first-order chi connectivity index (χ1) is 10.6. The van der Waals surface area contributed by atoms with E-state index in [0.29, 0.717) is 16.9 Å². The molecule has 0 atom stereocenters. The van der Waals surface area contributed by atoms with Crippen molar-refractivity contribution in [1.29, 1.82) is 0 Å². The van der Waals surface area contributed by atoms with E-state index in [2.05, 4.69) is 4.99 Å². The zero-order valence-electron chi connectivity index (χ0n) is 11.8. The molecule has 0 aromatic heterocycles. The van der Waals surface area contributed by atoms with Gasteiger partial charge in [0.2, 0.25) is 0 Å². The maximum Gasteiger partial charge on any atom is 0.295 e. The van der Waals surface area contributed by atoms with E-state index in [1.807, 2.05) is 19.1 Å². The van der Waals surface area contributed by atoms with Crippen molar-refractivity contribution in [2.75, 3.05) is 0 Å². The molecule has 1 aromatic rings. The monoisotopic (exact) mass is 295 g/mol. The lowest BCUT2D eigenvalue weighted by atomic mass is 10.1. The summed E-state index contributed by atoms with van der Waals surface area (Å²) < 4.78 is 0.924. The smallest absolute Gasteiger partial charge is 0.295 e. The van der Waals surface area contributed by atoms with Crippen LogP contribution in [0.2, 0.25) is 0 Å². The number of fused-ring (bicyclic) bond motifs is 1. The highest BCUT2D eigenvalue weighted by Crippen LogP contribution is 2.22. The lowest BCUT2D eigenvalue weighted by Gasteiger charge is -2.09. The lowest BCUT2D eigenvalue weighted by Crippen LogP contribution is -2.15. The van der Waals surface area contributed by atoms with Crippen LogP contribution in [-0.2, 0) is 0 Å². The van der Waals surface area contributed by atoms with Crippen LogP contribution in [0.3, 0.4) is 0 Å². The van der Waals surface area contributed by atoms with Crippen LogP contribution in [0, 0.1) is 17.0 Å². The Morgan fingerprint density at radius 3 is 2.55 bits per heavy atom. The molecule has 0 bridgehead atoms. The number of hydrogen-bond donors (Lipinski definition) is 1. The normalized spacial score (nSPS) is 11.8. The Morgan fingerprint density at radius 1 is 1.14 bits per heavy atom.